The summed E-state index contributed by atoms with van der Waals surface area (Å²) >= 11 is 0. The van der Waals surface area contributed by atoms with E-state index in [1.807, 2.05) is 42.0 Å². The molecule has 0 unspecified atom stereocenters. The summed E-state index contributed by atoms with van der Waals surface area (Å²) in [6.07, 6.45) is 1.66. The topological polar surface area (TPSA) is 64.3 Å². The third kappa shape index (κ3) is 3.93. The number of halogens is 2. The number of carboxylic acids is 1. The molecular weight excluding hydrogens is 414 g/mol. The van der Waals surface area contributed by atoms with Crippen molar-refractivity contribution in [2.75, 3.05) is 7.11 Å². The number of rotatable bonds is 6. The van der Waals surface area contributed by atoms with Crippen LogP contribution in [-0.4, -0.2) is 27.7 Å². The van der Waals surface area contributed by atoms with Gasteiger partial charge in [-0.2, -0.15) is 0 Å². The van der Waals surface area contributed by atoms with Crippen LogP contribution in [-0.2, 0) is 17.8 Å². The molecule has 7 heteroatoms. The fourth-order valence-corrected chi connectivity index (χ4v) is 4.03. The Hall–Kier alpha value is -3.74. The van der Waals surface area contributed by atoms with Crippen LogP contribution >= 0.6 is 0 Å². The Bertz CT molecular complexity index is 1350. The molecule has 0 fully saturated rings. The van der Waals surface area contributed by atoms with Crippen LogP contribution in [0, 0.1) is 25.5 Å². The van der Waals surface area contributed by atoms with Gasteiger partial charge >= 0.3 is 5.97 Å². The van der Waals surface area contributed by atoms with Crippen LogP contribution in [0.25, 0.3) is 22.2 Å². The largest absolute Gasteiger partial charge is 0.497 e. The number of benzene rings is 2. The molecule has 0 aliphatic heterocycles. The van der Waals surface area contributed by atoms with Gasteiger partial charge in [0, 0.05) is 23.8 Å². The average molecular weight is 436 g/mol. The summed E-state index contributed by atoms with van der Waals surface area (Å²) in [7, 11) is 1.59. The van der Waals surface area contributed by atoms with E-state index in [1.165, 1.54) is 12.1 Å². The van der Waals surface area contributed by atoms with Crippen LogP contribution in [0.1, 0.15) is 22.4 Å². The molecule has 0 bridgehead atoms. The number of nitrogens with zero attached hydrogens (tertiary/aromatic N) is 2. The van der Waals surface area contributed by atoms with Crippen LogP contribution < -0.4 is 4.74 Å². The molecule has 0 atom stereocenters. The zero-order valence-corrected chi connectivity index (χ0v) is 17.9. The first-order valence-corrected chi connectivity index (χ1v) is 10.1. The van der Waals surface area contributed by atoms with Gasteiger partial charge in [0.2, 0.25) is 0 Å². The van der Waals surface area contributed by atoms with E-state index >= 15 is 0 Å². The Morgan fingerprint density at radius 2 is 1.88 bits per heavy atom. The van der Waals surface area contributed by atoms with Crippen LogP contribution in [0.3, 0.4) is 0 Å². The minimum absolute atomic E-state index is 0.163. The van der Waals surface area contributed by atoms with Crippen molar-refractivity contribution in [1.82, 2.24) is 9.55 Å². The average Bonchev–Trinajstić information content (AvgIpc) is 3.13. The number of carboxylic acid groups (broad SMARTS) is 1. The van der Waals surface area contributed by atoms with Gasteiger partial charge in [0.1, 0.15) is 11.4 Å². The normalized spacial score (nSPS) is 11.2. The van der Waals surface area contributed by atoms with E-state index in [-0.39, 0.29) is 6.42 Å². The SMILES string of the molecule is COc1ccc(-c2c(CC(=O)O)c(C)nc3c2ccn3Cc2ccc(F)c(F)c2)c(C)c1. The maximum absolute atomic E-state index is 13.7. The summed E-state index contributed by atoms with van der Waals surface area (Å²) in [5.74, 6) is -2.02. The molecule has 0 aliphatic carbocycles. The Morgan fingerprint density at radius 1 is 1.09 bits per heavy atom. The molecule has 0 saturated carbocycles. The molecule has 2 aromatic carbocycles. The van der Waals surface area contributed by atoms with Crippen LogP contribution in [0.15, 0.2) is 48.7 Å². The number of methoxy groups -OCH3 is 1. The standard InChI is InChI=1S/C25H22F2N2O3/c1-14-10-17(32-3)5-6-18(14)24-19-8-9-29(13-16-4-7-21(26)22(27)11-16)25(19)28-15(2)20(24)12-23(30)31/h4-11H,12-13H2,1-3H3,(H,30,31). The number of fused-ring (bicyclic) bond motifs is 1. The molecule has 0 aliphatic rings. The Labute approximate surface area is 183 Å². The van der Waals surface area contributed by atoms with Gasteiger partial charge in [-0.1, -0.05) is 12.1 Å². The Morgan fingerprint density at radius 3 is 2.53 bits per heavy atom. The zero-order valence-electron chi connectivity index (χ0n) is 17.9. The minimum atomic E-state index is -0.942. The second kappa shape index (κ2) is 8.42. The molecule has 5 nitrogen and oxygen atoms in total. The van der Waals surface area contributed by atoms with Crippen molar-refractivity contribution in [3.63, 3.8) is 0 Å². The predicted molar refractivity (Wildman–Crippen MR) is 118 cm³/mol. The van der Waals surface area contributed by atoms with Gasteiger partial charge in [0.25, 0.3) is 0 Å². The van der Waals surface area contributed by atoms with Gasteiger partial charge in [0.15, 0.2) is 11.6 Å². The molecule has 0 radical (unpaired) electrons. The summed E-state index contributed by atoms with van der Waals surface area (Å²) in [4.78, 5) is 16.3. The van der Waals surface area contributed by atoms with Gasteiger partial charge < -0.3 is 14.4 Å². The summed E-state index contributed by atoms with van der Waals surface area (Å²) in [6, 6.07) is 11.3. The zero-order chi connectivity index (χ0) is 23.0. The van der Waals surface area contributed by atoms with E-state index < -0.39 is 17.6 Å². The predicted octanol–water partition coefficient (Wildman–Crippen LogP) is 5.28. The second-order valence-electron chi connectivity index (χ2n) is 7.73. The van der Waals surface area contributed by atoms with E-state index in [0.29, 0.717) is 34.8 Å². The molecular formula is C25H22F2N2O3. The van der Waals surface area contributed by atoms with Crippen molar-refractivity contribution in [3.8, 4) is 16.9 Å². The third-order valence-corrected chi connectivity index (χ3v) is 5.58. The Kier molecular flexibility index (Phi) is 5.65. The van der Waals surface area contributed by atoms with Crippen molar-refractivity contribution in [2.24, 2.45) is 0 Å². The number of pyridine rings is 1. The molecule has 4 aromatic rings. The van der Waals surface area contributed by atoms with Crippen LogP contribution in [0.5, 0.6) is 5.75 Å². The van der Waals surface area contributed by atoms with Crippen molar-refractivity contribution < 1.29 is 23.4 Å². The summed E-state index contributed by atoms with van der Waals surface area (Å²) in [5.41, 5.74) is 5.13. The molecule has 1 N–H and O–H groups in total. The number of aliphatic carboxylic acids is 1. The molecule has 32 heavy (non-hydrogen) atoms. The highest BCUT2D eigenvalue weighted by molar-refractivity contribution is 5.98. The maximum Gasteiger partial charge on any atom is 0.307 e. The number of ether oxygens (including phenoxy) is 1. The number of aromatic nitrogens is 2. The lowest BCUT2D eigenvalue weighted by Crippen LogP contribution is -2.08. The van der Waals surface area contributed by atoms with Gasteiger partial charge in [-0.3, -0.25) is 4.79 Å². The molecule has 0 amide bonds. The molecule has 0 spiro atoms. The van der Waals surface area contributed by atoms with E-state index in [9.17, 15) is 18.7 Å². The van der Waals surface area contributed by atoms with Crippen LogP contribution in [0.2, 0.25) is 0 Å². The first-order valence-electron chi connectivity index (χ1n) is 10.1. The minimum Gasteiger partial charge on any atom is -0.497 e. The molecule has 4 rings (SSSR count). The molecule has 2 heterocycles. The lowest BCUT2D eigenvalue weighted by atomic mass is 9.91. The highest BCUT2D eigenvalue weighted by atomic mass is 19.2. The van der Waals surface area contributed by atoms with Crippen molar-refractivity contribution in [1.29, 1.82) is 0 Å². The Balaban J connectivity index is 1.92. The monoisotopic (exact) mass is 436 g/mol. The van der Waals surface area contributed by atoms with Crippen LogP contribution in [0.4, 0.5) is 8.78 Å². The smallest absolute Gasteiger partial charge is 0.307 e. The van der Waals surface area contributed by atoms with E-state index in [0.717, 1.165) is 28.1 Å². The highest BCUT2D eigenvalue weighted by Crippen LogP contribution is 2.37. The fourth-order valence-electron chi connectivity index (χ4n) is 4.03. The van der Waals surface area contributed by atoms with Crippen molar-refractivity contribution >= 4 is 17.0 Å². The first-order chi connectivity index (χ1) is 15.3. The highest BCUT2D eigenvalue weighted by Gasteiger charge is 2.20. The quantitative estimate of drug-likeness (QED) is 0.447. The molecule has 2 aromatic heterocycles. The van der Waals surface area contributed by atoms with Gasteiger partial charge in [0.05, 0.1) is 13.5 Å². The number of hydrogen-bond acceptors (Lipinski definition) is 3. The fraction of sp³-hybridized carbons (Fsp3) is 0.200. The van der Waals surface area contributed by atoms with E-state index in [4.69, 9.17) is 4.74 Å². The van der Waals surface area contributed by atoms with Crippen molar-refractivity contribution in [2.45, 2.75) is 26.8 Å². The van der Waals surface area contributed by atoms with Gasteiger partial charge in [-0.15, -0.1) is 0 Å². The molecule has 0 saturated heterocycles. The van der Waals surface area contributed by atoms with Gasteiger partial charge in [-0.25, -0.2) is 13.8 Å². The number of aryl methyl sites for hydroxylation is 2. The van der Waals surface area contributed by atoms with E-state index in [1.54, 1.807) is 14.0 Å². The summed E-state index contributed by atoms with van der Waals surface area (Å²) in [6.45, 7) is 4.03. The number of carbonyl (C=O) groups is 1. The summed E-state index contributed by atoms with van der Waals surface area (Å²) < 4.78 is 34.2. The molecule has 164 valence electrons. The lowest BCUT2D eigenvalue weighted by molar-refractivity contribution is -0.136. The van der Waals surface area contributed by atoms with Crippen molar-refractivity contribution in [3.05, 3.63) is 82.7 Å². The van der Waals surface area contributed by atoms with Gasteiger partial charge in [-0.05, 0) is 72.0 Å². The third-order valence-electron chi connectivity index (χ3n) is 5.58. The lowest BCUT2D eigenvalue weighted by Gasteiger charge is -2.16. The number of hydrogen-bond donors (Lipinski definition) is 1. The first kappa shape index (κ1) is 21.5. The second-order valence-corrected chi connectivity index (χ2v) is 7.73. The summed E-state index contributed by atoms with van der Waals surface area (Å²) in [5, 5.41) is 10.3. The van der Waals surface area contributed by atoms with E-state index in [2.05, 4.69) is 4.98 Å². The maximum atomic E-state index is 13.7.